The van der Waals surface area contributed by atoms with Crippen molar-refractivity contribution in [2.45, 2.75) is 19.0 Å². The van der Waals surface area contributed by atoms with Crippen molar-refractivity contribution in [2.75, 3.05) is 37.6 Å². The second kappa shape index (κ2) is 6.89. The molecule has 1 aromatic rings. The average molecular weight is 338 g/mol. The third-order valence-corrected chi connectivity index (χ3v) is 4.54. The summed E-state index contributed by atoms with van der Waals surface area (Å²) >= 11 is 0. The smallest absolute Gasteiger partial charge is 0.416 e. The molecule has 6 heteroatoms. The number of allylic oxidation sites excluding steroid dienone is 2. The summed E-state index contributed by atoms with van der Waals surface area (Å²) < 4.78 is 39.3. The van der Waals surface area contributed by atoms with Crippen LogP contribution in [0, 0.1) is 0 Å². The molecule has 0 aromatic heterocycles. The van der Waals surface area contributed by atoms with E-state index in [0.717, 1.165) is 31.9 Å². The van der Waals surface area contributed by atoms with E-state index in [0.29, 0.717) is 25.0 Å². The topological polar surface area (TPSA) is 26.7 Å². The van der Waals surface area contributed by atoms with Crippen molar-refractivity contribution < 1.29 is 18.3 Å². The molecule has 1 fully saturated rings. The van der Waals surface area contributed by atoms with E-state index in [1.165, 1.54) is 6.08 Å². The molecule has 0 amide bonds. The largest absolute Gasteiger partial charge is 0.508 e. The summed E-state index contributed by atoms with van der Waals surface area (Å²) in [6, 6.07) is 7.02. The number of hydrogen-bond acceptors (Lipinski definition) is 3. The van der Waals surface area contributed by atoms with Crippen molar-refractivity contribution in [3.63, 3.8) is 0 Å². The van der Waals surface area contributed by atoms with Crippen molar-refractivity contribution in [3.05, 3.63) is 47.6 Å². The zero-order chi connectivity index (χ0) is 17.2. The molecule has 24 heavy (non-hydrogen) atoms. The van der Waals surface area contributed by atoms with Gasteiger partial charge in [-0.3, -0.25) is 4.90 Å². The summed E-state index contributed by atoms with van der Waals surface area (Å²) in [6.07, 6.45) is -0.0628. The molecule has 0 bridgehead atoms. The lowest BCUT2D eigenvalue weighted by Crippen LogP contribution is -2.47. The van der Waals surface area contributed by atoms with Gasteiger partial charge in [0.15, 0.2) is 0 Å². The first-order chi connectivity index (χ1) is 11.4. The van der Waals surface area contributed by atoms with Crippen molar-refractivity contribution >= 4 is 5.69 Å². The third kappa shape index (κ3) is 3.93. The highest BCUT2D eigenvalue weighted by atomic mass is 19.4. The van der Waals surface area contributed by atoms with Gasteiger partial charge < -0.3 is 10.0 Å². The molecule has 1 aliphatic carbocycles. The van der Waals surface area contributed by atoms with Gasteiger partial charge in [-0.05, 0) is 42.7 Å². The molecule has 1 saturated heterocycles. The van der Waals surface area contributed by atoms with Crippen molar-refractivity contribution in [1.29, 1.82) is 0 Å². The Labute approximate surface area is 139 Å². The van der Waals surface area contributed by atoms with Gasteiger partial charge in [0.2, 0.25) is 0 Å². The van der Waals surface area contributed by atoms with E-state index < -0.39 is 11.7 Å². The summed E-state index contributed by atoms with van der Waals surface area (Å²) in [5, 5.41) is 9.34. The Kier molecular flexibility index (Phi) is 4.85. The van der Waals surface area contributed by atoms with E-state index in [4.69, 9.17) is 0 Å². The van der Waals surface area contributed by atoms with E-state index in [1.807, 2.05) is 12.1 Å². The summed E-state index contributed by atoms with van der Waals surface area (Å²) in [4.78, 5) is 4.26. The number of halogens is 3. The van der Waals surface area contributed by atoms with Gasteiger partial charge in [-0.1, -0.05) is 12.2 Å². The second-order valence-corrected chi connectivity index (χ2v) is 6.20. The molecule has 1 aliphatic heterocycles. The molecule has 0 atom stereocenters. The molecular formula is C18H21F3N2O. The molecule has 0 unspecified atom stereocenters. The van der Waals surface area contributed by atoms with Crippen LogP contribution in [0.3, 0.4) is 0 Å². The van der Waals surface area contributed by atoms with Crippen LogP contribution in [0.15, 0.2) is 47.6 Å². The fourth-order valence-electron chi connectivity index (χ4n) is 3.24. The van der Waals surface area contributed by atoms with Crippen LogP contribution in [-0.2, 0) is 0 Å². The zero-order valence-corrected chi connectivity index (χ0v) is 13.4. The number of benzene rings is 1. The van der Waals surface area contributed by atoms with Crippen LogP contribution in [0.5, 0.6) is 5.75 Å². The van der Waals surface area contributed by atoms with E-state index in [2.05, 4.69) is 9.80 Å². The molecule has 1 aromatic carbocycles. The van der Waals surface area contributed by atoms with Crippen LogP contribution in [0.2, 0.25) is 0 Å². The number of piperazine rings is 1. The summed E-state index contributed by atoms with van der Waals surface area (Å²) in [5.41, 5.74) is 0.974. The van der Waals surface area contributed by atoms with Crippen molar-refractivity contribution in [2.24, 2.45) is 0 Å². The first kappa shape index (κ1) is 16.9. The number of phenols is 1. The quantitative estimate of drug-likeness (QED) is 0.910. The molecule has 1 N–H and O–H groups in total. The highest BCUT2D eigenvalue weighted by molar-refractivity contribution is 5.49. The van der Waals surface area contributed by atoms with Crippen molar-refractivity contribution in [1.82, 2.24) is 4.90 Å². The Morgan fingerprint density at radius 1 is 0.917 bits per heavy atom. The minimum atomic E-state index is -4.26. The predicted octanol–water partition coefficient (Wildman–Crippen LogP) is 3.72. The molecular weight excluding hydrogens is 317 g/mol. The number of phenolic OH excluding ortho intramolecular Hbond substituents is 1. The number of alkyl halides is 3. The van der Waals surface area contributed by atoms with Crippen LogP contribution in [0.4, 0.5) is 18.9 Å². The van der Waals surface area contributed by atoms with Crippen LogP contribution >= 0.6 is 0 Å². The van der Waals surface area contributed by atoms with Crippen molar-refractivity contribution in [3.8, 4) is 5.75 Å². The number of rotatable bonds is 3. The predicted molar refractivity (Wildman–Crippen MR) is 88.2 cm³/mol. The summed E-state index contributed by atoms with van der Waals surface area (Å²) in [6.45, 7) is 3.34. The second-order valence-electron chi connectivity index (χ2n) is 6.20. The monoisotopic (exact) mass is 338 g/mol. The van der Waals surface area contributed by atoms with Gasteiger partial charge in [0.1, 0.15) is 5.75 Å². The average Bonchev–Trinajstić information content (AvgIpc) is 2.56. The van der Waals surface area contributed by atoms with Crippen LogP contribution in [0.1, 0.15) is 12.8 Å². The first-order valence-electron chi connectivity index (χ1n) is 8.16. The molecule has 3 rings (SSSR count). The van der Waals surface area contributed by atoms with E-state index >= 15 is 0 Å². The summed E-state index contributed by atoms with van der Waals surface area (Å²) in [7, 11) is 0. The van der Waals surface area contributed by atoms with Crippen LogP contribution < -0.4 is 4.90 Å². The lowest BCUT2D eigenvalue weighted by molar-refractivity contribution is -0.0902. The lowest BCUT2D eigenvalue weighted by Gasteiger charge is -2.37. The summed E-state index contributed by atoms with van der Waals surface area (Å²) in [5.74, 6) is 0.230. The third-order valence-electron chi connectivity index (χ3n) is 4.54. The highest BCUT2D eigenvalue weighted by Crippen LogP contribution is 2.35. The van der Waals surface area contributed by atoms with E-state index in [1.54, 1.807) is 18.2 Å². The fraction of sp³-hybridized carbons (Fsp3) is 0.444. The van der Waals surface area contributed by atoms with Gasteiger partial charge in [0.05, 0.1) is 5.57 Å². The SMILES string of the molecule is Oc1ccc(N2CCN(CC3=CCCC=C3C(F)(F)F)CC2)cc1. The van der Waals surface area contributed by atoms with Gasteiger partial charge in [0.25, 0.3) is 0 Å². The highest BCUT2D eigenvalue weighted by Gasteiger charge is 2.36. The minimum absolute atomic E-state index is 0.230. The standard InChI is InChI=1S/C18H21F3N2O/c19-18(20,21)17-4-2-1-3-14(17)13-22-9-11-23(12-10-22)15-5-7-16(24)8-6-15/h3-8,24H,1-2,9-13H2. The van der Waals surface area contributed by atoms with Gasteiger partial charge in [0, 0.05) is 38.4 Å². The number of aromatic hydroxyl groups is 1. The maximum Gasteiger partial charge on any atom is 0.416 e. The maximum absolute atomic E-state index is 13.1. The molecule has 2 aliphatic rings. The van der Waals surface area contributed by atoms with Gasteiger partial charge >= 0.3 is 6.18 Å². The molecule has 0 radical (unpaired) electrons. The van der Waals surface area contributed by atoms with E-state index in [-0.39, 0.29) is 5.75 Å². The Balaban J connectivity index is 1.58. The number of anilines is 1. The molecule has 0 spiro atoms. The van der Waals surface area contributed by atoms with E-state index in [9.17, 15) is 18.3 Å². The first-order valence-corrected chi connectivity index (χ1v) is 8.16. The van der Waals surface area contributed by atoms with Crippen LogP contribution in [-0.4, -0.2) is 48.9 Å². The maximum atomic E-state index is 13.1. The Bertz CT molecular complexity index is 627. The van der Waals surface area contributed by atoms with Gasteiger partial charge in [-0.2, -0.15) is 13.2 Å². The number of nitrogens with zero attached hydrogens (tertiary/aromatic N) is 2. The van der Waals surface area contributed by atoms with Crippen LogP contribution in [0.25, 0.3) is 0 Å². The molecule has 3 nitrogen and oxygen atoms in total. The molecule has 0 saturated carbocycles. The fourth-order valence-corrected chi connectivity index (χ4v) is 3.24. The van der Waals surface area contributed by atoms with Gasteiger partial charge in [-0.15, -0.1) is 0 Å². The Morgan fingerprint density at radius 3 is 2.17 bits per heavy atom. The molecule has 1 heterocycles. The zero-order valence-electron chi connectivity index (χ0n) is 13.4. The minimum Gasteiger partial charge on any atom is -0.508 e. The Hall–Kier alpha value is -1.95. The number of hydrogen-bond donors (Lipinski definition) is 1. The normalized spacial score (nSPS) is 19.9. The van der Waals surface area contributed by atoms with Gasteiger partial charge in [-0.25, -0.2) is 0 Å². The Morgan fingerprint density at radius 2 is 1.54 bits per heavy atom. The molecule has 130 valence electrons. The lowest BCUT2D eigenvalue weighted by atomic mass is 9.96.